The second kappa shape index (κ2) is 14.0. The number of esters is 1. The number of carbonyl (C=O) groups is 3. The van der Waals surface area contributed by atoms with E-state index in [2.05, 4.69) is 15.8 Å². The number of hydrazone groups is 1. The highest BCUT2D eigenvalue weighted by molar-refractivity contribution is 6.02. The van der Waals surface area contributed by atoms with Crippen LogP contribution in [-0.4, -0.2) is 30.6 Å². The van der Waals surface area contributed by atoms with Crippen LogP contribution in [0.2, 0.25) is 0 Å². The molecule has 0 aliphatic carbocycles. The highest BCUT2D eigenvalue weighted by Gasteiger charge is 2.13. The van der Waals surface area contributed by atoms with Crippen molar-refractivity contribution in [1.82, 2.24) is 5.43 Å². The fraction of sp³-hybridized carbons (Fsp3) is 0.0909. The molecule has 2 N–H and O–H groups in total. The summed E-state index contributed by atoms with van der Waals surface area (Å²) in [4.78, 5) is 37.3. The first-order valence-electron chi connectivity index (χ1n) is 12.9. The van der Waals surface area contributed by atoms with Gasteiger partial charge in [0.15, 0.2) is 11.5 Å². The Morgan fingerprint density at radius 2 is 1.59 bits per heavy atom. The van der Waals surface area contributed by atoms with Gasteiger partial charge in [0.25, 0.3) is 5.91 Å². The summed E-state index contributed by atoms with van der Waals surface area (Å²) in [6.45, 7) is 4.09. The maximum atomic E-state index is 12.6. The third-order valence-electron chi connectivity index (χ3n) is 5.75. The number of anilines is 1. The number of ether oxygens (including phenoxy) is 2. The Morgan fingerprint density at radius 3 is 2.32 bits per heavy atom. The number of benzene rings is 4. The summed E-state index contributed by atoms with van der Waals surface area (Å²) < 4.78 is 11.2. The zero-order chi connectivity index (χ0) is 29.0. The quantitative estimate of drug-likeness (QED) is 0.0829. The van der Waals surface area contributed by atoms with Crippen molar-refractivity contribution in [1.29, 1.82) is 0 Å². The number of nitrogens with one attached hydrogen (secondary N) is 2. The van der Waals surface area contributed by atoms with Crippen molar-refractivity contribution in [2.75, 3.05) is 11.9 Å². The summed E-state index contributed by atoms with van der Waals surface area (Å²) in [5.74, 6) is -0.533. The van der Waals surface area contributed by atoms with Crippen molar-refractivity contribution in [3.8, 4) is 11.5 Å². The third-order valence-corrected chi connectivity index (χ3v) is 5.75. The molecule has 8 nitrogen and oxygen atoms in total. The molecule has 0 aliphatic rings. The van der Waals surface area contributed by atoms with Crippen LogP contribution in [0.25, 0.3) is 6.08 Å². The van der Waals surface area contributed by atoms with Crippen molar-refractivity contribution in [2.45, 2.75) is 13.8 Å². The van der Waals surface area contributed by atoms with Crippen molar-refractivity contribution in [3.63, 3.8) is 0 Å². The van der Waals surface area contributed by atoms with Crippen LogP contribution in [0.4, 0.5) is 5.69 Å². The van der Waals surface area contributed by atoms with Gasteiger partial charge in [0.05, 0.1) is 18.4 Å². The Morgan fingerprint density at radius 1 is 0.805 bits per heavy atom. The van der Waals surface area contributed by atoms with E-state index >= 15 is 0 Å². The summed E-state index contributed by atoms with van der Waals surface area (Å²) in [5, 5.41) is 6.78. The average molecular weight is 548 g/mol. The summed E-state index contributed by atoms with van der Waals surface area (Å²) in [7, 11) is 0. The minimum atomic E-state index is -0.488. The van der Waals surface area contributed by atoms with E-state index in [4.69, 9.17) is 9.47 Å². The monoisotopic (exact) mass is 547 g/mol. The standard InChI is InChI=1S/C33H29N3O5/c1-3-40-30-21-25(12-18-29(30)41-33(39)27-11-7-8-23(2)20-27)22-34-36-32(38)26-14-16-28(17-15-26)35-31(37)19-13-24-9-5-4-6-10-24/h4-22H,3H2,1-2H3,(H,35,37)(H,36,38)/b19-13+,34-22-. The predicted octanol–water partition coefficient (Wildman–Crippen LogP) is 6.03. The van der Waals surface area contributed by atoms with Crippen molar-refractivity contribution < 1.29 is 23.9 Å². The first-order chi connectivity index (χ1) is 19.9. The topological polar surface area (TPSA) is 106 Å². The zero-order valence-corrected chi connectivity index (χ0v) is 22.7. The largest absolute Gasteiger partial charge is 0.490 e. The van der Waals surface area contributed by atoms with Gasteiger partial charge in [0.2, 0.25) is 5.91 Å². The molecule has 0 saturated heterocycles. The van der Waals surface area contributed by atoms with Crippen molar-refractivity contribution >= 4 is 35.8 Å². The van der Waals surface area contributed by atoms with Gasteiger partial charge in [0.1, 0.15) is 0 Å². The molecular formula is C33H29N3O5. The summed E-state index contributed by atoms with van der Waals surface area (Å²) in [6.07, 6.45) is 4.63. The van der Waals surface area contributed by atoms with Gasteiger partial charge in [-0.3, -0.25) is 9.59 Å². The molecule has 2 amide bonds. The van der Waals surface area contributed by atoms with E-state index in [0.29, 0.717) is 34.7 Å². The Bertz CT molecular complexity index is 1580. The Balaban J connectivity index is 1.33. The van der Waals surface area contributed by atoms with Crippen LogP contribution in [0.1, 0.15) is 44.3 Å². The molecule has 0 bridgehead atoms. The number of hydrogen-bond donors (Lipinski definition) is 2. The molecule has 0 spiro atoms. The molecule has 0 saturated carbocycles. The Hall–Kier alpha value is -5.50. The van der Waals surface area contributed by atoms with Crippen LogP contribution in [0.5, 0.6) is 11.5 Å². The molecule has 0 heterocycles. The Labute approximate surface area is 238 Å². The van der Waals surface area contributed by atoms with E-state index in [1.807, 2.05) is 50.2 Å². The zero-order valence-electron chi connectivity index (χ0n) is 22.7. The number of carbonyl (C=O) groups excluding carboxylic acids is 3. The molecule has 206 valence electrons. The smallest absolute Gasteiger partial charge is 0.343 e. The second-order valence-electron chi connectivity index (χ2n) is 8.91. The molecule has 41 heavy (non-hydrogen) atoms. The third kappa shape index (κ3) is 8.49. The highest BCUT2D eigenvalue weighted by atomic mass is 16.6. The van der Waals surface area contributed by atoms with Gasteiger partial charge in [-0.15, -0.1) is 0 Å². The molecule has 4 aromatic carbocycles. The summed E-state index contributed by atoms with van der Waals surface area (Å²) >= 11 is 0. The molecular weight excluding hydrogens is 518 g/mol. The maximum absolute atomic E-state index is 12.6. The van der Waals surface area contributed by atoms with E-state index < -0.39 is 11.9 Å². The minimum Gasteiger partial charge on any atom is -0.490 e. The molecule has 4 rings (SSSR count). The first kappa shape index (κ1) is 28.5. The lowest BCUT2D eigenvalue weighted by atomic mass is 10.1. The van der Waals surface area contributed by atoms with Gasteiger partial charge in [-0.2, -0.15) is 5.10 Å². The van der Waals surface area contributed by atoms with Crippen LogP contribution < -0.4 is 20.2 Å². The average Bonchev–Trinajstić information content (AvgIpc) is 2.98. The fourth-order valence-electron chi connectivity index (χ4n) is 3.74. The molecule has 0 fully saturated rings. The van der Waals surface area contributed by atoms with Crippen LogP contribution in [-0.2, 0) is 4.79 Å². The van der Waals surface area contributed by atoms with E-state index in [0.717, 1.165) is 11.1 Å². The number of rotatable bonds is 10. The van der Waals surface area contributed by atoms with E-state index in [1.165, 1.54) is 12.3 Å². The number of nitrogens with zero attached hydrogens (tertiary/aromatic N) is 1. The van der Waals surface area contributed by atoms with Crippen LogP contribution in [0.3, 0.4) is 0 Å². The lowest BCUT2D eigenvalue weighted by Crippen LogP contribution is -2.17. The number of aryl methyl sites for hydroxylation is 1. The van der Waals surface area contributed by atoms with E-state index in [9.17, 15) is 14.4 Å². The lowest BCUT2D eigenvalue weighted by molar-refractivity contribution is -0.111. The molecule has 8 heteroatoms. The van der Waals surface area contributed by atoms with Crippen LogP contribution in [0, 0.1) is 6.92 Å². The van der Waals surface area contributed by atoms with Gasteiger partial charge in [0, 0.05) is 17.3 Å². The molecule has 0 radical (unpaired) electrons. The van der Waals surface area contributed by atoms with E-state index in [1.54, 1.807) is 66.7 Å². The van der Waals surface area contributed by atoms with Crippen LogP contribution >= 0.6 is 0 Å². The normalized spacial score (nSPS) is 10.9. The van der Waals surface area contributed by atoms with Gasteiger partial charge in [-0.1, -0.05) is 48.0 Å². The van der Waals surface area contributed by atoms with Gasteiger partial charge in [-0.25, -0.2) is 10.2 Å². The van der Waals surface area contributed by atoms with Gasteiger partial charge >= 0.3 is 5.97 Å². The second-order valence-corrected chi connectivity index (χ2v) is 8.91. The Kier molecular flexibility index (Phi) is 9.77. The van der Waals surface area contributed by atoms with Crippen molar-refractivity contribution in [3.05, 3.63) is 131 Å². The summed E-state index contributed by atoms with van der Waals surface area (Å²) in [6, 6.07) is 28.1. The number of hydrogen-bond acceptors (Lipinski definition) is 6. The van der Waals surface area contributed by atoms with Crippen molar-refractivity contribution in [2.24, 2.45) is 5.10 Å². The molecule has 4 aromatic rings. The first-order valence-corrected chi connectivity index (χ1v) is 12.9. The molecule has 0 aromatic heterocycles. The maximum Gasteiger partial charge on any atom is 0.343 e. The molecule has 0 unspecified atom stereocenters. The SMILES string of the molecule is CCOc1cc(/C=N\NC(=O)c2ccc(NC(=O)/C=C/c3ccccc3)cc2)ccc1OC(=O)c1cccc(C)c1. The van der Waals surface area contributed by atoms with Crippen LogP contribution in [0.15, 0.2) is 108 Å². The molecule has 0 atom stereocenters. The van der Waals surface area contributed by atoms with Gasteiger partial charge in [-0.05, 0) is 85.6 Å². The lowest BCUT2D eigenvalue weighted by Gasteiger charge is -2.11. The minimum absolute atomic E-state index is 0.280. The predicted molar refractivity (Wildman–Crippen MR) is 159 cm³/mol. The fourth-order valence-corrected chi connectivity index (χ4v) is 3.74. The van der Waals surface area contributed by atoms with Gasteiger partial charge < -0.3 is 14.8 Å². The summed E-state index contributed by atoms with van der Waals surface area (Å²) in [5.41, 5.74) is 6.34. The van der Waals surface area contributed by atoms with E-state index in [-0.39, 0.29) is 11.7 Å². The number of amides is 2. The molecule has 0 aliphatic heterocycles. The highest BCUT2D eigenvalue weighted by Crippen LogP contribution is 2.29.